The van der Waals surface area contributed by atoms with Gasteiger partial charge < -0.3 is 4.74 Å². The van der Waals surface area contributed by atoms with Crippen LogP contribution in [0, 0.1) is 5.41 Å². The Hall–Kier alpha value is -1.90. The van der Waals surface area contributed by atoms with Crippen LogP contribution in [0.25, 0.3) is 10.9 Å². The lowest BCUT2D eigenvalue weighted by Gasteiger charge is -2.26. The molecule has 2 aliphatic rings. The van der Waals surface area contributed by atoms with Crippen molar-refractivity contribution in [2.24, 2.45) is 5.41 Å². The van der Waals surface area contributed by atoms with E-state index in [1.165, 1.54) is 44.9 Å². The van der Waals surface area contributed by atoms with Crippen LogP contribution in [0.3, 0.4) is 0 Å². The summed E-state index contributed by atoms with van der Waals surface area (Å²) in [5.41, 5.74) is 3.62. The molecule has 114 valence electrons. The van der Waals surface area contributed by atoms with Crippen LogP contribution in [0.1, 0.15) is 55.1 Å². The smallest absolute Gasteiger partial charge is 0.337 e. The molecular formula is C19H21NO2. The van der Waals surface area contributed by atoms with Gasteiger partial charge in [-0.1, -0.05) is 13.0 Å². The van der Waals surface area contributed by atoms with Crippen LogP contribution in [-0.4, -0.2) is 18.1 Å². The van der Waals surface area contributed by atoms with Crippen molar-refractivity contribution in [2.75, 3.05) is 7.11 Å². The monoisotopic (exact) mass is 295 g/mol. The number of carbonyl (C=O) groups is 1. The van der Waals surface area contributed by atoms with E-state index in [0.717, 1.165) is 10.9 Å². The number of methoxy groups -OCH3 is 1. The lowest BCUT2D eigenvalue weighted by molar-refractivity contribution is 0.0601. The first-order valence-electron chi connectivity index (χ1n) is 8.03. The van der Waals surface area contributed by atoms with Crippen LogP contribution in [0.5, 0.6) is 0 Å². The lowest BCUT2D eigenvalue weighted by Crippen LogP contribution is -2.21. The van der Waals surface area contributed by atoms with Crippen molar-refractivity contribution >= 4 is 16.9 Å². The van der Waals surface area contributed by atoms with Gasteiger partial charge in [-0.2, -0.15) is 0 Å². The zero-order valence-electron chi connectivity index (χ0n) is 13.2. The molecule has 0 aliphatic heterocycles. The first-order chi connectivity index (χ1) is 10.5. The molecule has 3 nitrogen and oxygen atoms in total. The Balaban J connectivity index is 1.74. The van der Waals surface area contributed by atoms with Crippen molar-refractivity contribution in [1.29, 1.82) is 0 Å². The van der Waals surface area contributed by atoms with E-state index >= 15 is 0 Å². The number of pyridine rings is 1. The SMILES string of the molecule is COC(=O)c1ccc2nc(C34CCC(C)(CC3)C4)ccc2c1. The minimum atomic E-state index is -0.299. The summed E-state index contributed by atoms with van der Waals surface area (Å²) in [5.74, 6) is -0.299. The van der Waals surface area contributed by atoms with Crippen LogP contribution in [0.4, 0.5) is 0 Å². The molecular weight excluding hydrogens is 274 g/mol. The van der Waals surface area contributed by atoms with Gasteiger partial charge in [-0.25, -0.2) is 4.79 Å². The number of aromatic nitrogens is 1. The molecule has 0 radical (unpaired) electrons. The molecule has 0 saturated heterocycles. The minimum Gasteiger partial charge on any atom is -0.465 e. The Kier molecular flexibility index (Phi) is 2.84. The lowest BCUT2D eigenvalue weighted by atomic mass is 9.80. The third kappa shape index (κ3) is 1.95. The standard InChI is InChI=1S/C19H21NO2/c1-18-7-9-19(12-18,10-8-18)16-6-4-13-11-14(17(21)22-2)3-5-15(13)20-16/h3-6,11H,7-10,12H2,1-2H3. The molecule has 0 N–H and O–H groups in total. The maximum atomic E-state index is 11.6. The average Bonchev–Trinajstić information content (AvgIpc) is 3.08. The van der Waals surface area contributed by atoms with Gasteiger partial charge in [0.2, 0.25) is 0 Å². The molecule has 1 heterocycles. The van der Waals surface area contributed by atoms with Crippen LogP contribution >= 0.6 is 0 Å². The second kappa shape index (κ2) is 4.55. The maximum Gasteiger partial charge on any atom is 0.337 e. The Bertz CT molecular complexity index is 757. The molecule has 3 heteroatoms. The van der Waals surface area contributed by atoms with Gasteiger partial charge in [-0.3, -0.25) is 4.98 Å². The summed E-state index contributed by atoms with van der Waals surface area (Å²) in [6.07, 6.45) is 6.46. The zero-order valence-corrected chi connectivity index (χ0v) is 13.2. The van der Waals surface area contributed by atoms with Gasteiger partial charge in [0.15, 0.2) is 0 Å². The first-order valence-corrected chi connectivity index (χ1v) is 8.03. The summed E-state index contributed by atoms with van der Waals surface area (Å²) >= 11 is 0. The molecule has 22 heavy (non-hydrogen) atoms. The Morgan fingerprint density at radius 1 is 1.14 bits per heavy atom. The van der Waals surface area contributed by atoms with Crippen molar-refractivity contribution in [3.63, 3.8) is 0 Å². The number of fused-ring (bicyclic) bond motifs is 3. The Labute approximate surface area is 130 Å². The number of rotatable bonds is 2. The predicted octanol–water partition coefficient (Wildman–Crippen LogP) is 4.24. The van der Waals surface area contributed by atoms with E-state index in [-0.39, 0.29) is 5.97 Å². The maximum absolute atomic E-state index is 11.6. The molecule has 2 aliphatic carbocycles. The number of hydrogen-bond donors (Lipinski definition) is 0. The number of esters is 1. The van der Waals surface area contributed by atoms with E-state index in [1.807, 2.05) is 12.1 Å². The van der Waals surface area contributed by atoms with Gasteiger partial charge in [0.25, 0.3) is 0 Å². The van der Waals surface area contributed by atoms with Gasteiger partial charge in [-0.15, -0.1) is 0 Å². The van der Waals surface area contributed by atoms with Crippen molar-refractivity contribution < 1.29 is 9.53 Å². The third-order valence-electron chi connectivity index (χ3n) is 5.83. The molecule has 1 aromatic heterocycles. The molecule has 0 spiro atoms. The third-order valence-corrected chi connectivity index (χ3v) is 5.83. The molecule has 2 bridgehead atoms. The highest BCUT2D eigenvalue weighted by molar-refractivity contribution is 5.94. The molecule has 1 aromatic carbocycles. The summed E-state index contributed by atoms with van der Waals surface area (Å²) in [6.45, 7) is 2.42. The summed E-state index contributed by atoms with van der Waals surface area (Å²) in [7, 11) is 1.41. The molecule has 2 aromatic rings. The number of nitrogens with zero attached hydrogens (tertiary/aromatic N) is 1. The van der Waals surface area contributed by atoms with Crippen LogP contribution in [-0.2, 0) is 10.2 Å². The van der Waals surface area contributed by atoms with Crippen molar-refractivity contribution in [2.45, 2.75) is 44.4 Å². The fraction of sp³-hybridized carbons (Fsp3) is 0.474. The van der Waals surface area contributed by atoms with E-state index in [9.17, 15) is 4.79 Å². The van der Waals surface area contributed by atoms with Gasteiger partial charge in [0.1, 0.15) is 0 Å². The second-order valence-corrected chi connectivity index (χ2v) is 7.36. The van der Waals surface area contributed by atoms with Gasteiger partial charge in [0, 0.05) is 16.5 Å². The van der Waals surface area contributed by atoms with Crippen LogP contribution in [0.15, 0.2) is 30.3 Å². The highest BCUT2D eigenvalue weighted by Gasteiger charge is 2.53. The quantitative estimate of drug-likeness (QED) is 0.778. The highest BCUT2D eigenvalue weighted by Crippen LogP contribution is 2.61. The number of carbonyl (C=O) groups excluding carboxylic acids is 1. The second-order valence-electron chi connectivity index (χ2n) is 7.36. The Morgan fingerprint density at radius 3 is 2.55 bits per heavy atom. The first kappa shape index (κ1) is 13.7. The number of benzene rings is 1. The fourth-order valence-electron chi connectivity index (χ4n) is 4.52. The Morgan fingerprint density at radius 2 is 1.91 bits per heavy atom. The van der Waals surface area contributed by atoms with E-state index in [1.54, 1.807) is 6.07 Å². The normalized spacial score (nSPS) is 29.9. The van der Waals surface area contributed by atoms with Gasteiger partial charge in [-0.05, 0) is 61.8 Å². The highest BCUT2D eigenvalue weighted by atomic mass is 16.5. The van der Waals surface area contributed by atoms with E-state index in [2.05, 4.69) is 19.1 Å². The molecule has 2 saturated carbocycles. The predicted molar refractivity (Wildman–Crippen MR) is 86.0 cm³/mol. The minimum absolute atomic E-state index is 0.296. The molecule has 0 atom stereocenters. The number of hydrogen-bond acceptors (Lipinski definition) is 3. The molecule has 0 amide bonds. The summed E-state index contributed by atoms with van der Waals surface area (Å²) < 4.78 is 4.78. The average molecular weight is 295 g/mol. The summed E-state index contributed by atoms with van der Waals surface area (Å²) in [4.78, 5) is 16.6. The van der Waals surface area contributed by atoms with E-state index in [0.29, 0.717) is 16.4 Å². The van der Waals surface area contributed by atoms with Gasteiger partial charge >= 0.3 is 5.97 Å². The van der Waals surface area contributed by atoms with E-state index in [4.69, 9.17) is 9.72 Å². The largest absolute Gasteiger partial charge is 0.465 e. The summed E-state index contributed by atoms with van der Waals surface area (Å²) in [6, 6.07) is 9.87. The van der Waals surface area contributed by atoms with Crippen molar-refractivity contribution in [3.8, 4) is 0 Å². The molecule has 0 unspecified atom stereocenters. The van der Waals surface area contributed by atoms with Gasteiger partial charge in [0.05, 0.1) is 18.2 Å². The zero-order chi connectivity index (χ0) is 15.4. The van der Waals surface area contributed by atoms with Crippen LogP contribution in [0.2, 0.25) is 0 Å². The topological polar surface area (TPSA) is 39.2 Å². The van der Waals surface area contributed by atoms with Crippen LogP contribution < -0.4 is 0 Å². The molecule has 4 rings (SSSR count). The van der Waals surface area contributed by atoms with Crippen molar-refractivity contribution in [3.05, 3.63) is 41.6 Å². The van der Waals surface area contributed by atoms with E-state index < -0.39 is 0 Å². The van der Waals surface area contributed by atoms with Crippen molar-refractivity contribution in [1.82, 2.24) is 4.98 Å². The number of ether oxygens (including phenoxy) is 1. The molecule has 2 fully saturated rings. The fourth-order valence-corrected chi connectivity index (χ4v) is 4.52. The summed E-state index contributed by atoms with van der Waals surface area (Å²) in [5, 5.41) is 1.00.